The van der Waals surface area contributed by atoms with Gasteiger partial charge in [-0.15, -0.1) is 0 Å². The summed E-state index contributed by atoms with van der Waals surface area (Å²) in [6, 6.07) is 0.197. The molecule has 0 aromatic carbocycles. The van der Waals surface area contributed by atoms with Gasteiger partial charge in [0.25, 0.3) is 0 Å². The van der Waals surface area contributed by atoms with Gasteiger partial charge in [0.2, 0.25) is 5.91 Å². The molecule has 0 aromatic rings. The molecule has 70 heavy (non-hydrogen) atoms. The number of nitrogens with zero attached hydrogens (tertiary/aromatic N) is 2. The van der Waals surface area contributed by atoms with Gasteiger partial charge >= 0.3 is 11.9 Å². The third-order valence-electron chi connectivity index (χ3n) is 14.0. The smallest absolute Gasteiger partial charge is 0.305 e. The largest absolute Gasteiger partial charge is 0.466 e. The standard InChI is InChI=1S/C59H114N2O9/c1-7-12-17-18-19-24-37-55(62)61(52-53-42-44-60(6)45-43-53)54(35-22-20-33-46-65-56(63)38-25-27-40-58(67-48-29-13-8-2)68-49-30-14-9-3)36-23-21-34-47-66-57(64)39-26-28-41-59(69-50-31-15-10-4)70-51-32-16-11-5/h53-54,58-59H,7-52H2,1-6H3. The molecule has 1 fully saturated rings. The molecule has 1 saturated heterocycles. The Balaban J connectivity index is 2.68. The Labute approximate surface area is 432 Å². The summed E-state index contributed by atoms with van der Waals surface area (Å²) in [6.07, 6.45) is 36.5. The van der Waals surface area contributed by atoms with Gasteiger partial charge in [-0.2, -0.15) is 0 Å². The zero-order valence-electron chi connectivity index (χ0n) is 46.9. The fourth-order valence-electron chi connectivity index (χ4n) is 9.33. The molecule has 0 radical (unpaired) electrons. The van der Waals surface area contributed by atoms with Crippen LogP contribution in [0.5, 0.6) is 0 Å². The maximum Gasteiger partial charge on any atom is 0.305 e. The molecule has 414 valence electrons. The second-order valence-electron chi connectivity index (χ2n) is 20.8. The van der Waals surface area contributed by atoms with Gasteiger partial charge in [0, 0.05) is 58.3 Å². The van der Waals surface area contributed by atoms with E-state index in [1.54, 1.807) is 0 Å². The van der Waals surface area contributed by atoms with Crippen LogP contribution in [-0.2, 0) is 42.8 Å². The van der Waals surface area contributed by atoms with Crippen LogP contribution < -0.4 is 0 Å². The van der Waals surface area contributed by atoms with Crippen LogP contribution in [0.1, 0.15) is 272 Å². The first kappa shape index (κ1) is 66.2. The lowest BCUT2D eigenvalue weighted by Crippen LogP contribution is -2.45. The van der Waals surface area contributed by atoms with Gasteiger partial charge in [-0.25, -0.2) is 0 Å². The molecule has 0 spiro atoms. The summed E-state index contributed by atoms with van der Waals surface area (Å²) < 4.78 is 35.6. The maximum atomic E-state index is 14.2. The fourth-order valence-corrected chi connectivity index (χ4v) is 9.33. The predicted octanol–water partition coefficient (Wildman–Crippen LogP) is 15.1. The molecule has 11 nitrogen and oxygen atoms in total. The number of rotatable bonds is 52. The van der Waals surface area contributed by atoms with Crippen molar-refractivity contribution >= 4 is 17.8 Å². The van der Waals surface area contributed by atoms with E-state index in [2.05, 4.69) is 51.5 Å². The molecule has 1 rings (SSSR count). The van der Waals surface area contributed by atoms with Crippen LogP contribution in [0.3, 0.4) is 0 Å². The van der Waals surface area contributed by atoms with Gasteiger partial charge in [0.15, 0.2) is 12.6 Å². The van der Waals surface area contributed by atoms with E-state index in [9.17, 15) is 14.4 Å². The molecule has 0 bridgehead atoms. The third-order valence-corrected chi connectivity index (χ3v) is 14.0. The average molecular weight is 996 g/mol. The molecule has 0 unspecified atom stereocenters. The normalized spacial score (nSPS) is 13.6. The number of carbonyl (C=O) groups is 3. The van der Waals surface area contributed by atoms with Crippen LogP contribution in [0.4, 0.5) is 0 Å². The molecule has 0 saturated carbocycles. The van der Waals surface area contributed by atoms with E-state index in [4.69, 9.17) is 28.4 Å². The van der Waals surface area contributed by atoms with E-state index in [0.717, 1.165) is 187 Å². The summed E-state index contributed by atoms with van der Waals surface area (Å²) in [5, 5.41) is 0. The van der Waals surface area contributed by atoms with Crippen molar-refractivity contribution < 1.29 is 42.8 Å². The molecular weight excluding hydrogens is 881 g/mol. The summed E-state index contributed by atoms with van der Waals surface area (Å²) >= 11 is 0. The van der Waals surface area contributed by atoms with Crippen LogP contribution in [0.25, 0.3) is 0 Å². The second-order valence-corrected chi connectivity index (χ2v) is 20.8. The number of esters is 2. The Kier molecular flexibility index (Phi) is 46.8. The summed E-state index contributed by atoms with van der Waals surface area (Å²) in [6.45, 7) is 17.9. The highest BCUT2D eigenvalue weighted by Gasteiger charge is 2.28. The van der Waals surface area contributed by atoms with Crippen LogP contribution in [0, 0.1) is 5.92 Å². The molecular formula is C59H114N2O9. The van der Waals surface area contributed by atoms with E-state index < -0.39 is 0 Å². The van der Waals surface area contributed by atoms with Crippen molar-refractivity contribution in [2.24, 2.45) is 5.92 Å². The van der Waals surface area contributed by atoms with E-state index in [1.165, 1.54) is 77.0 Å². The molecule has 1 aliphatic heterocycles. The lowest BCUT2D eigenvalue weighted by molar-refractivity contribution is -0.149. The van der Waals surface area contributed by atoms with Crippen LogP contribution in [-0.4, -0.2) is 113 Å². The molecule has 0 N–H and O–H groups in total. The van der Waals surface area contributed by atoms with Gasteiger partial charge in [-0.1, -0.05) is 131 Å². The zero-order chi connectivity index (χ0) is 51.0. The number of hydrogen-bond donors (Lipinski definition) is 0. The van der Waals surface area contributed by atoms with Gasteiger partial charge in [-0.05, 0) is 148 Å². The average Bonchev–Trinajstić information content (AvgIpc) is 3.36. The SMILES string of the molecule is CCCCCCCCC(=O)N(CC1CCN(C)CC1)C(CCCCCOC(=O)CCCCC(OCCCCC)OCCCCC)CCCCCOC(=O)CCCCC(OCCCCC)OCCCCC. The minimum atomic E-state index is -0.185. The van der Waals surface area contributed by atoms with Gasteiger partial charge < -0.3 is 38.2 Å². The third kappa shape index (κ3) is 39.7. The Morgan fingerprint density at radius 3 is 1.20 bits per heavy atom. The van der Waals surface area contributed by atoms with Crippen molar-refractivity contribution in [1.82, 2.24) is 9.80 Å². The quantitative estimate of drug-likeness (QED) is 0.0332. The number of amides is 1. The Bertz CT molecular complexity index is 1080. The molecule has 1 aliphatic rings. The van der Waals surface area contributed by atoms with Gasteiger partial charge in [-0.3, -0.25) is 14.4 Å². The Hall–Kier alpha value is -1.79. The predicted molar refractivity (Wildman–Crippen MR) is 289 cm³/mol. The molecule has 0 atom stereocenters. The summed E-state index contributed by atoms with van der Waals surface area (Å²) in [4.78, 5) is 44.3. The highest BCUT2D eigenvalue weighted by atomic mass is 16.7. The summed E-state index contributed by atoms with van der Waals surface area (Å²) in [7, 11) is 2.20. The van der Waals surface area contributed by atoms with Crippen LogP contribution in [0.15, 0.2) is 0 Å². The number of carbonyl (C=O) groups excluding carboxylic acids is 3. The van der Waals surface area contributed by atoms with E-state index in [1.807, 2.05) is 0 Å². The zero-order valence-corrected chi connectivity index (χ0v) is 46.9. The Morgan fingerprint density at radius 1 is 0.429 bits per heavy atom. The Morgan fingerprint density at radius 2 is 0.771 bits per heavy atom. The minimum absolute atomic E-state index is 0.118. The number of ether oxygens (including phenoxy) is 6. The van der Waals surface area contributed by atoms with E-state index >= 15 is 0 Å². The van der Waals surface area contributed by atoms with Gasteiger partial charge in [0.05, 0.1) is 13.2 Å². The van der Waals surface area contributed by atoms with E-state index in [-0.39, 0.29) is 30.6 Å². The highest BCUT2D eigenvalue weighted by Crippen LogP contribution is 2.25. The summed E-state index contributed by atoms with van der Waals surface area (Å²) in [5.41, 5.74) is 0. The molecule has 0 aliphatic carbocycles. The monoisotopic (exact) mass is 995 g/mol. The lowest BCUT2D eigenvalue weighted by Gasteiger charge is -2.38. The first-order chi connectivity index (χ1) is 34.3. The topological polar surface area (TPSA) is 113 Å². The second kappa shape index (κ2) is 49.4. The minimum Gasteiger partial charge on any atom is -0.466 e. The van der Waals surface area contributed by atoms with Crippen molar-refractivity contribution in [3.05, 3.63) is 0 Å². The van der Waals surface area contributed by atoms with Crippen LogP contribution in [0.2, 0.25) is 0 Å². The number of unbranched alkanes of at least 4 members (excludes halogenated alkanes) is 19. The highest BCUT2D eigenvalue weighted by molar-refractivity contribution is 5.76. The number of piperidine rings is 1. The molecule has 11 heteroatoms. The van der Waals surface area contributed by atoms with E-state index in [0.29, 0.717) is 44.3 Å². The van der Waals surface area contributed by atoms with Crippen molar-refractivity contribution in [2.45, 2.75) is 291 Å². The molecule has 0 aromatic heterocycles. The first-order valence-corrected chi connectivity index (χ1v) is 30.0. The molecule has 1 heterocycles. The van der Waals surface area contributed by atoms with Crippen molar-refractivity contribution in [3.63, 3.8) is 0 Å². The number of hydrogen-bond acceptors (Lipinski definition) is 10. The van der Waals surface area contributed by atoms with Crippen LogP contribution >= 0.6 is 0 Å². The maximum absolute atomic E-state index is 14.2. The first-order valence-electron chi connectivity index (χ1n) is 30.0. The van der Waals surface area contributed by atoms with Crippen molar-refractivity contribution in [2.75, 3.05) is 66.3 Å². The number of likely N-dealkylation sites (tertiary alicyclic amines) is 1. The summed E-state index contributed by atoms with van der Waals surface area (Å²) in [5.74, 6) is 0.633. The molecule has 1 amide bonds. The van der Waals surface area contributed by atoms with Crippen molar-refractivity contribution in [3.8, 4) is 0 Å². The van der Waals surface area contributed by atoms with Gasteiger partial charge in [0.1, 0.15) is 0 Å². The van der Waals surface area contributed by atoms with Crippen molar-refractivity contribution in [1.29, 1.82) is 0 Å². The lowest BCUT2D eigenvalue weighted by atomic mass is 9.93. The fraction of sp³-hybridized carbons (Fsp3) is 0.949.